The van der Waals surface area contributed by atoms with Crippen LogP contribution in [-0.4, -0.2) is 37.0 Å². The van der Waals surface area contributed by atoms with Gasteiger partial charge in [0.2, 0.25) is 5.91 Å². The summed E-state index contributed by atoms with van der Waals surface area (Å²) in [6, 6.07) is 23.7. The minimum Gasteiger partial charge on any atom is -0.348 e. The van der Waals surface area contributed by atoms with Gasteiger partial charge in [0.05, 0.1) is 6.57 Å². The summed E-state index contributed by atoms with van der Waals surface area (Å²) in [6.45, 7) is 12.8. The zero-order valence-corrected chi connectivity index (χ0v) is 17.5. The highest BCUT2D eigenvalue weighted by atomic mass is 16.1. The first-order valence-corrected chi connectivity index (χ1v) is 10.6. The van der Waals surface area contributed by atoms with Crippen molar-refractivity contribution in [2.45, 2.75) is 13.1 Å². The Labute approximate surface area is 183 Å². The zero-order valence-electron chi connectivity index (χ0n) is 17.5. The lowest BCUT2D eigenvalue weighted by Crippen LogP contribution is -2.42. The summed E-state index contributed by atoms with van der Waals surface area (Å²) >= 11 is 0. The van der Waals surface area contributed by atoms with Crippen LogP contribution in [0.5, 0.6) is 0 Å². The van der Waals surface area contributed by atoms with Gasteiger partial charge in [-0.25, -0.2) is 4.85 Å². The molecule has 31 heavy (non-hydrogen) atoms. The molecule has 0 unspecified atom stereocenters. The lowest BCUT2D eigenvalue weighted by Gasteiger charge is -2.27. The van der Waals surface area contributed by atoms with Crippen molar-refractivity contribution in [1.29, 1.82) is 0 Å². The number of carbonyl (C=O) groups is 1. The Morgan fingerprint density at radius 3 is 2.35 bits per heavy atom. The molecule has 156 valence electrons. The van der Waals surface area contributed by atoms with Gasteiger partial charge in [-0.05, 0) is 40.5 Å². The van der Waals surface area contributed by atoms with E-state index in [4.69, 9.17) is 6.57 Å². The summed E-state index contributed by atoms with van der Waals surface area (Å²) < 4.78 is 0. The van der Waals surface area contributed by atoms with Crippen LogP contribution < -0.4 is 10.6 Å². The Bertz CT molecular complexity index is 1100. The first-order valence-electron chi connectivity index (χ1n) is 10.6. The van der Waals surface area contributed by atoms with E-state index in [1.807, 2.05) is 12.1 Å². The maximum atomic E-state index is 12.5. The van der Waals surface area contributed by atoms with Crippen molar-refractivity contribution in [1.82, 2.24) is 15.5 Å². The van der Waals surface area contributed by atoms with E-state index in [1.165, 1.54) is 11.1 Å². The molecule has 1 aliphatic heterocycles. The van der Waals surface area contributed by atoms with E-state index in [0.29, 0.717) is 17.8 Å². The van der Waals surface area contributed by atoms with Gasteiger partial charge in [-0.2, -0.15) is 0 Å². The first-order chi connectivity index (χ1) is 15.2. The number of nitrogens with zero attached hydrogens (tertiary/aromatic N) is 2. The Balaban J connectivity index is 1.42. The molecule has 1 heterocycles. The van der Waals surface area contributed by atoms with Gasteiger partial charge in [0, 0.05) is 44.8 Å². The van der Waals surface area contributed by atoms with Crippen LogP contribution in [0.3, 0.4) is 0 Å². The number of piperazine rings is 1. The SMILES string of the molecule is [C-]#[N+]c1cccc(C(=O)NCc2cccc(-c3cccc(CN4CCNCC4)c3)c2)c1. The molecule has 3 aromatic rings. The van der Waals surface area contributed by atoms with Crippen molar-refractivity contribution in [2.24, 2.45) is 0 Å². The third kappa shape index (κ3) is 5.58. The normalized spacial score (nSPS) is 14.0. The predicted molar refractivity (Wildman–Crippen MR) is 124 cm³/mol. The Kier molecular flexibility index (Phi) is 6.73. The van der Waals surface area contributed by atoms with E-state index in [0.717, 1.165) is 43.9 Å². The van der Waals surface area contributed by atoms with Crippen molar-refractivity contribution in [2.75, 3.05) is 26.2 Å². The van der Waals surface area contributed by atoms with Gasteiger partial charge in [0.1, 0.15) is 0 Å². The van der Waals surface area contributed by atoms with Crippen molar-refractivity contribution < 1.29 is 4.79 Å². The van der Waals surface area contributed by atoms with Gasteiger partial charge in [-0.15, -0.1) is 0 Å². The molecule has 0 aliphatic carbocycles. The van der Waals surface area contributed by atoms with Crippen molar-refractivity contribution in [3.8, 4) is 11.1 Å². The molecule has 3 aromatic carbocycles. The average molecular weight is 411 g/mol. The lowest BCUT2D eigenvalue weighted by molar-refractivity contribution is 0.0951. The highest BCUT2D eigenvalue weighted by molar-refractivity contribution is 5.95. The van der Waals surface area contributed by atoms with Crippen LogP contribution in [0.1, 0.15) is 21.5 Å². The minimum atomic E-state index is -0.172. The zero-order chi connectivity index (χ0) is 21.5. The Hall–Kier alpha value is -3.46. The van der Waals surface area contributed by atoms with Gasteiger partial charge in [0.25, 0.3) is 0 Å². The van der Waals surface area contributed by atoms with Gasteiger partial charge < -0.3 is 10.6 Å². The second kappa shape index (κ2) is 10.0. The van der Waals surface area contributed by atoms with Crippen LogP contribution in [-0.2, 0) is 13.1 Å². The molecule has 0 saturated carbocycles. The van der Waals surface area contributed by atoms with Gasteiger partial charge >= 0.3 is 0 Å². The number of carbonyl (C=O) groups excluding carboxylic acids is 1. The molecule has 1 aliphatic rings. The van der Waals surface area contributed by atoms with Crippen LogP contribution in [0.15, 0.2) is 72.8 Å². The van der Waals surface area contributed by atoms with Crippen LogP contribution in [0.2, 0.25) is 0 Å². The Morgan fingerprint density at radius 1 is 0.935 bits per heavy atom. The summed E-state index contributed by atoms with van der Waals surface area (Å²) in [5.74, 6) is -0.172. The summed E-state index contributed by atoms with van der Waals surface area (Å²) in [4.78, 5) is 18.3. The quantitative estimate of drug-likeness (QED) is 0.598. The predicted octanol–water partition coefficient (Wildman–Crippen LogP) is 4.24. The highest BCUT2D eigenvalue weighted by Gasteiger charge is 2.11. The molecule has 0 bridgehead atoms. The maximum Gasteiger partial charge on any atom is 0.250 e. The van der Waals surface area contributed by atoms with E-state index in [1.54, 1.807) is 24.3 Å². The third-order valence-electron chi connectivity index (χ3n) is 5.49. The lowest BCUT2D eigenvalue weighted by atomic mass is 10.0. The smallest absolute Gasteiger partial charge is 0.250 e. The number of rotatable bonds is 6. The largest absolute Gasteiger partial charge is 0.348 e. The average Bonchev–Trinajstić information content (AvgIpc) is 2.83. The fourth-order valence-electron chi connectivity index (χ4n) is 3.84. The fourth-order valence-corrected chi connectivity index (χ4v) is 3.84. The van der Waals surface area contributed by atoms with E-state index >= 15 is 0 Å². The van der Waals surface area contributed by atoms with Gasteiger partial charge in [-0.3, -0.25) is 9.69 Å². The molecular formula is C26H26N4O. The number of amides is 1. The first kappa shape index (κ1) is 20.8. The highest BCUT2D eigenvalue weighted by Crippen LogP contribution is 2.22. The molecule has 1 fully saturated rings. The van der Waals surface area contributed by atoms with Gasteiger partial charge in [-0.1, -0.05) is 54.6 Å². The molecule has 5 nitrogen and oxygen atoms in total. The standard InChI is InChI=1S/C26H26N4O/c1-27-25-10-4-9-24(17-25)26(31)29-18-20-5-2-7-22(15-20)23-8-3-6-21(16-23)19-30-13-11-28-12-14-30/h2-10,15-17,28H,11-14,18-19H2,(H,29,31). The summed E-state index contributed by atoms with van der Waals surface area (Å²) in [5.41, 5.74) is 5.66. The molecule has 5 heteroatoms. The topological polar surface area (TPSA) is 48.7 Å². The molecular weight excluding hydrogens is 384 g/mol. The minimum absolute atomic E-state index is 0.172. The van der Waals surface area contributed by atoms with Crippen molar-refractivity contribution in [3.05, 3.63) is 101 Å². The summed E-state index contributed by atoms with van der Waals surface area (Å²) in [6.07, 6.45) is 0. The van der Waals surface area contributed by atoms with E-state index < -0.39 is 0 Å². The van der Waals surface area contributed by atoms with Crippen molar-refractivity contribution in [3.63, 3.8) is 0 Å². The monoisotopic (exact) mass is 410 g/mol. The second-order valence-corrected chi connectivity index (χ2v) is 7.77. The summed E-state index contributed by atoms with van der Waals surface area (Å²) in [7, 11) is 0. The summed E-state index contributed by atoms with van der Waals surface area (Å²) in [5, 5.41) is 6.35. The van der Waals surface area contributed by atoms with Crippen LogP contribution in [0, 0.1) is 6.57 Å². The molecule has 0 atom stereocenters. The molecule has 0 spiro atoms. The number of hydrogen-bond acceptors (Lipinski definition) is 3. The molecule has 2 N–H and O–H groups in total. The number of hydrogen-bond donors (Lipinski definition) is 2. The van der Waals surface area contributed by atoms with E-state index in [9.17, 15) is 4.79 Å². The number of benzene rings is 3. The molecule has 0 radical (unpaired) electrons. The fraction of sp³-hybridized carbons (Fsp3) is 0.231. The van der Waals surface area contributed by atoms with Gasteiger partial charge in [0.15, 0.2) is 5.69 Å². The molecule has 0 aromatic heterocycles. The van der Waals surface area contributed by atoms with Crippen LogP contribution >= 0.6 is 0 Å². The Morgan fingerprint density at radius 2 is 1.61 bits per heavy atom. The third-order valence-corrected chi connectivity index (χ3v) is 5.49. The van der Waals surface area contributed by atoms with E-state index in [2.05, 4.69) is 56.8 Å². The molecule has 4 rings (SSSR count). The second-order valence-electron chi connectivity index (χ2n) is 7.77. The van der Waals surface area contributed by atoms with E-state index in [-0.39, 0.29) is 5.91 Å². The van der Waals surface area contributed by atoms with Crippen LogP contribution in [0.25, 0.3) is 16.0 Å². The molecule has 1 saturated heterocycles. The maximum absolute atomic E-state index is 12.5. The molecule has 1 amide bonds. The van der Waals surface area contributed by atoms with Crippen LogP contribution in [0.4, 0.5) is 5.69 Å². The number of nitrogens with one attached hydrogen (secondary N) is 2. The van der Waals surface area contributed by atoms with Crippen molar-refractivity contribution >= 4 is 11.6 Å².